The normalized spacial score (nSPS) is 15.2. The average molecular weight is 553 g/mol. The zero-order chi connectivity index (χ0) is 27.2. The Kier molecular flexibility index (Phi) is 11.9. The molecule has 0 aromatic heterocycles. The number of nitrogens with one attached hydrogen (secondary N) is 1. The number of methoxy groups -OCH3 is 1. The molecule has 1 N–H and O–H groups in total. The standard InChI is InChI=1S/C26H36N2O9S/c1-3-15-28(26(29)37-38(30,31)27-14-17-34-21-9-5-4-6-10-21)25-23(35-19-18-32-2)12-7-13-24(25)36-20-22-11-8-16-33-22/h4-7,9-10,12-13,22,27H,3,8,11,14-20H2,1-2H3. The Morgan fingerprint density at radius 2 is 1.79 bits per heavy atom. The lowest BCUT2D eigenvalue weighted by Crippen LogP contribution is -2.39. The summed E-state index contributed by atoms with van der Waals surface area (Å²) in [5.74, 6) is 1.28. The molecule has 3 rings (SSSR count). The highest BCUT2D eigenvalue weighted by atomic mass is 32.2. The summed E-state index contributed by atoms with van der Waals surface area (Å²) in [7, 11) is -2.87. The molecule has 1 atom stereocenters. The monoisotopic (exact) mass is 552 g/mol. The van der Waals surface area contributed by atoms with E-state index < -0.39 is 16.4 Å². The van der Waals surface area contributed by atoms with Gasteiger partial charge in [-0.05, 0) is 43.5 Å². The number of benzene rings is 2. The van der Waals surface area contributed by atoms with Crippen LogP contribution < -0.4 is 23.8 Å². The number of nitrogens with zero attached hydrogens (tertiary/aromatic N) is 1. The van der Waals surface area contributed by atoms with E-state index in [0.29, 0.717) is 36.9 Å². The Morgan fingerprint density at radius 1 is 1.03 bits per heavy atom. The van der Waals surface area contributed by atoms with Gasteiger partial charge in [0.2, 0.25) is 0 Å². The van der Waals surface area contributed by atoms with Crippen LogP contribution in [0.1, 0.15) is 26.2 Å². The number of hydrogen-bond donors (Lipinski definition) is 1. The molecule has 0 saturated carbocycles. The highest BCUT2D eigenvalue weighted by Crippen LogP contribution is 2.39. The number of anilines is 1. The second-order valence-corrected chi connectivity index (χ2v) is 9.76. The lowest BCUT2D eigenvalue weighted by molar-refractivity contribution is 0.0679. The lowest BCUT2D eigenvalue weighted by Gasteiger charge is -2.26. The smallest absolute Gasteiger partial charge is 0.431 e. The van der Waals surface area contributed by atoms with Crippen LogP contribution in [0.2, 0.25) is 0 Å². The Balaban J connectivity index is 1.72. The largest absolute Gasteiger partial charge is 0.492 e. The number of rotatable bonds is 16. The molecule has 38 heavy (non-hydrogen) atoms. The highest BCUT2D eigenvalue weighted by molar-refractivity contribution is 7.85. The van der Waals surface area contributed by atoms with Crippen molar-refractivity contribution in [3.8, 4) is 17.2 Å². The molecule has 0 radical (unpaired) electrons. The molecule has 1 aliphatic rings. The number of carbonyl (C=O) groups excluding carboxylic acids is 1. The van der Waals surface area contributed by atoms with Crippen LogP contribution in [0.3, 0.4) is 0 Å². The maximum Gasteiger partial charge on any atom is 0.431 e. The van der Waals surface area contributed by atoms with Gasteiger partial charge in [-0.25, -0.2) is 4.79 Å². The van der Waals surface area contributed by atoms with Gasteiger partial charge in [0.05, 0.1) is 12.7 Å². The van der Waals surface area contributed by atoms with Gasteiger partial charge in [0, 0.05) is 26.8 Å². The van der Waals surface area contributed by atoms with Crippen LogP contribution in [0.15, 0.2) is 48.5 Å². The van der Waals surface area contributed by atoms with Crippen molar-refractivity contribution in [2.75, 3.05) is 58.1 Å². The van der Waals surface area contributed by atoms with Gasteiger partial charge in [-0.1, -0.05) is 31.2 Å². The fourth-order valence-corrected chi connectivity index (χ4v) is 4.40. The van der Waals surface area contributed by atoms with Crippen LogP contribution in [-0.2, 0) is 24.0 Å². The van der Waals surface area contributed by atoms with E-state index in [2.05, 4.69) is 4.72 Å². The molecule has 0 aliphatic carbocycles. The molecule has 12 heteroatoms. The predicted molar refractivity (Wildman–Crippen MR) is 141 cm³/mol. The highest BCUT2D eigenvalue weighted by Gasteiger charge is 2.29. The summed E-state index contributed by atoms with van der Waals surface area (Å²) >= 11 is 0. The van der Waals surface area contributed by atoms with Crippen LogP contribution in [0.5, 0.6) is 17.2 Å². The molecule has 1 heterocycles. The van der Waals surface area contributed by atoms with Crippen LogP contribution in [-0.4, -0.2) is 73.8 Å². The van der Waals surface area contributed by atoms with E-state index in [1.165, 1.54) is 4.90 Å². The zero-order valence-corrected chi connectivity index (χ0v) is 22.6. The first kappa shape index (κ1) is 29.5. The van der Waals surface area contributed by atoms with E-state index >= 15 is 0 Å². The van der Waals surface area contributed by atoms with Gasteiger partial charge < -0.3 is 27.9 Å². The first-order valence-corrected chi connectivity index (χ1v) is 14.0. The van der Waals surface area contributed by atoms with E-state index in [9.17, 15) is 13.2 Å². The lowest BCUT2D eigenvalue weighted by atomic mass is 10.2. The average Bonchev–Trinajstić information content (AvgIpc) is 3.43. The fourth-order valence-electron chi connectivity index (χ4n) is 3.73. The molecule has 11 nitrogen and oxygen atoms in total. The number of amides is 1. The van der Waals surface area contributed by atoms with Crippen molar-refractivity contribution in [3.63, 3.8) is 0 Å². The minimum atomic E-state index is -4.42. The topological polar surface area (TPSA) is 122 Å². The maximum absolute atomic E-state index is 13.2. The molecule has 1 fully saturated rings. The van der Waals surface area contributed by atoms with E-state index in [-0.39, 0.29) is 44.7 Å². The SMILES string of the molecule is CCCN(C(=O)OS(=O)(=O)NCCOc1ccccc1)c1c(OCCOC)cccc1OCC1CCCO1. The predicted octanol–water partition coefficient (Wildman–Crippen LogP) is 3.54. The summed E-state index contributed by atoms with van der Waals surface area (Å²) in [4.78, 5) is 14.4. The van der Waals surface area contributed by atoms with Gasteiger partial charge in [-0.3, -0.25) is 4.90 Å². The fraction of sp³-hybridized carbons (Fsp3) is 0.500. The number of hydrogen-bond acceptors (Lipinski definition) is 9. The Bertz CT molecular complexity index is 1090. The van der Waals surface area contributed by atoms with Gasteiger partial charge in [-0.2, -0.15) is 13.1 Å². The summed E-state index contributed by atoms with van der Waals surface area (Å²) in [6.07, 6.45) is 1.20. The second-order valence-electron chi connectivity index (χ2n) is 8.40. The molecule has 1 saturated heterocycles. The molecular weight excluding hydrogens is 516 g/mol. The van der Waals surface area contributed by atoms with Gasteiger partial charge >= 0.3 is 16.4 Å². The Labute approximate surface area is 224 Å². The summed E-state index contributed by atoms with van der Waals surface area (Å²) in [6, 6.07) is 14.1. The van der Waals surface area contributed by atoms with E-state index in [4.69, 9.17) is 27.9 Å². The van der Waals surface area contributed by atoms with E-state index in [0.717, 1.165) is 12.8 Å². The van der Waals surface area contributed by atoms with Gasteiger partial charge in [0.1, 0.15) is 42.8 Å². The number of ether oxygens (including phenoxy) is 5. The molecule has 0 spiro atoms. The molecule has 2 aromatic carbocycles. The molecule has 1 amide bonds. The molecule has 1 unspecified atom stereocenters. The first-order chi connectivity index (χ1) is 18.4. The van der Waals surface area contributed by atoms with E-state index in [1.807, 2.05) is 13.0 Å². The van der Waals surface area contributed by atoms with Gasteiger partial charge in [0.25, 0.3) is 0 Å². The van der Waals surface area contributed by atoms with Crippen molar-refractivity contribution in [3.05, 3.63) is 48.5 Å². The zero-order valence-electron chi connectivity index (χ0n) is 21.8. The minimum absolute atomic E-state index is 0.0524. The summed E-state index contributed by atoms with van der Waals surface area (Å²) in [6.45, 7) is 3.47. The summed E-state index contributed by atoms with van der Waals surface area (Å²) in [5, 5.41) is 0. The van der Waals surface area contributed by atoms with Crippen molar-refractivity contribution < 1.29 is 41.1 Å². The van der Waals surface area contributed by atoms with Crippen molar-refractivity contribution in [1.29, 1.82) is 0 Å². The van der Waals surface area contributed by atoms with Gasteiger partial charge in [0.15, 0.2) is 0 Å². The first-order valence-electron chi connectivity index (χ1n) is 12.6. The van der Waals surface area contributed by atoms with Crippen molar-refractivity contribution in [2.24, 2.45) is 0 Å². The molecule has 1 aliphatic heterocycles. The second kappa shape index (κ2) is 15.4. The van der Waals surface area contributed by atoms with Crippen molar-refractivity contribution in [1.82, 2.24) is 4.72 Å². The molecule has 210 valence electrons. The van der Waals surface area contributed by atoms with Crippen LogP contribution in [0.4, 0.5) is 10.5 Å². The molecule has 0 bridgehead atoms. The third-order valence-electron chi connectivity index (χ3n) is 5.47. The molecule has 2 aromatic rings. The van der Waals surface area contributed by atoms with Crippen LogP contribution in [0.25, 0.3) is 0 Å². The molecular formula is C26H36N2O9S. The number of carbonyl (C=O) groups is 1. The van der Waals surface area contributed by atoms with E-state index in [1.54, 1.807) is 49.6 Å². The maximum atomic E-state index is 13.2. The van der Waals surface area contributed by atoms with Crippen molar-refractivity contribution >= 4 is 22.1 Å². The Hall–Kier alpha value is -3.06. The van der Waals surface area contributed by atoms with Crippen molar-refractivity contribution in [2.45, 2.75) is 32.3 Å². The van der Waals surface area contributed by atoms with Crippen LogP contribution >= 0.6 is 0 Å². The summed E-state index contributed by atoms with van der Waals surface area (Å²) in [5.41, 5.74) is 0.274. The minimum Gasteiger partial charge on any atom is -0.492 e. The quantitative estimate of drug-likeness (QED) is 0.312. The third-order valence-corrected chi connectivity index (χ3v) is 6.39. The van der Waals surface area contributed by atoms with Crippen LogP contribution in [0, 0.1) is 0 Å². The third kappa shape index (κ3) is 9.35. The van der Waals surface area contributed by atoms with Gasteiger partial charge in [-0.15, -0.1) is 0 Å². The Morgan fingerprint density at radius 3 is 2.47 bits per heavy atom. The summed E-state index contributed by atoms with van der Waals surface area (Å²) < 4.78 is 60.3. The number of para-hydroxylation sites is 2.